The molecule has 0 aliphatic rings. The van der Waals surface area contributed by atoms with Gasteiger partial charge < -0.3 is 23.7 Å². The average molecular weight is 883 g/mol. The van der Waals surface area contributed by atoms with Crippen LogP contribution in [-0.2, 0) is 6.42 Å². The normalized spacial score (nSPS) is 11.5. The molecule has 0 N–H and O–H groups in total. The van der Waals surface area contributed by atoms with Gasteiger partial charge in [0.15, 0.2) is 5.78 Å². The van der Waals surface area contributed by atoms with E-state index in [1.54, 1.807) is 55.6 Å². The third-order valence-corrected chi connectivity index (χ3v) is 12.4. The second-order valence-corrected chi connectivity index (χ2v) is 16.8. The molecule has 9 aromatic carbocycles. The Hall–Kier alpha value is -8.16. The van der Waals surface area contributed by atoms with Crippen LogP contribution in [-0.4, -0.2) is 25.7 Å². The molecule has 0 saturated carbocycles. The highest BCUT2D eigenvalue weighted by molar-refractivity contribution is 6.15. The first-order valence-corrected chi connectivity index (χ1v) is 22.4. The van der Waals surface area contributed by atoms with E-state index in [9.17, 15) is 9.59 Å². The van der Waals surface area contributed by atoms with Crippen molar-refractivity contribution in [2.75, 3.05) is 13.9 Å². The Kier molecular flexibility index (Phi) is 12.8. The summed E-state index contributed by atoms with van der Waals surface area (Å²) in [6.45, 7) is 7.73. The minimum Gasteiger partial charge on any atom is -0.497 e. The number of hydrogen-bond donors (Lipinski definition) is 0. The van der Waals surface area contributed by atoms with Crippen LogP contribution in [0.2, 0.25) is 0 Å². The smallest absolute Gasteiger partial charge is 0.343 e. The lowest BCUT2D eigenvalue weighted by Crippen LogP contribution is -2.09. The van der Waals surface area contributed by atoms with Crippen LogP contribution in [0.15, 0.2) is 182 Å². The molecule has 67 heavy (non-hydrogen) atoms. The Bertz CT molecular complexity index is 3170. The van der Waals surface area contributed by atoms with E-state index in [1.165, 1.54) is 45.2 Å². The topological polar surface area (TPSA) is 80.3 Å². The molecule has 332 valence electrons. The van der Waals surface area contributed by atoms with Gasteiger partial charge >= 0.3 is 5.97 Å². The number of rotatable bonds is 15. The maximum Gasteiger partial charge on any atom is 0.343 e. The number of hydrogen-bond acceptors (Lipinski definition) is 7. The Labute approximate surface area is 391 Å². The SMILES string of the molecule is COc1ccc(Cc2c3ccccc3c(-c3ccc(OCOc4ccc(C(C)c5ccc(OC(=O)c6ccc(Oc7ccc(C(C)=O)cc7)cc6)c(C)c5)cc4C)cc3)c3ccccc23)cc1. The monoisotopic (exact) mass is 882 g/mol. The van der Waals surface area contributed by atoms with Crippen molar-refractivity contribution in [3.05, 3.63) is 226 Å². The van der Waals surface area contributed by atoms with E-state index in [0.717, 1.165) is 51.5 Å². The van der Waals surface area contributed by atoms with Gasteiger partial charge in [0.05, 0.1) is 12.7 Å². The quantitative estimate of drug-likeness (QED) is 0.0333. The number of carbonyl (C=O) groups is 2. The van der Waals surface area contributed by atoms with E-state index in [0.29, 0.717) is 28.4 Å². The average Bonchev–Trinajstić information content (AvgIpc) is 3.35. The van der Waals surface area contributed by atoms with E-state index < -0.39 is 5.97 Å². The van der Waals surface area contributed by atoms with Crippen LogP contribution in [0.1, 0.15) is 73.9 Å². The first-order valence-electron chi connectivity index (χ1n) is 22.4. The maximum atomic E-state index is 13.1. The molecule has 9 rings (SSSR count). The highest BCUT2D eigenvalue weighted by Gasteiger charge is 2.18. The van der Waals surface area contributed by atoms with Gasteiger partial charge in [0.2, 0.25) is 6.79 Å². The Morgan fingerprint density at radius 3 is 1.57 bits per heavy atom. The summed E-state index contributed by atoms with van der Waals surface area (Å²) < 4.78 is 29.4. The van der Waals surface area contributed by atoms with Crippen LogP contribution in [0.5, 0.6) is 34.5 Å². The van der Waals surface area contributed by atoms with E-state index in [-0.39, 0.29) is 18.5 Å². The van der Waals surface area contributed by atoms with Gasteiger partial charge in [-0.05, 0) is 178 Å². The van der Waals surface area contributed by atoms with Crippen LogP contribution < -0.4 is 23.7 Å². The van der Waals surface area contributed by atoms with Gasteiger partial charge in [0.25, 0.3) is 0 Å². The molecule has 0 aliphatic carbocycles. The summed E-state index contributed by atoms with van der Waals surface area (Å²) in [4.78, 5) is 24.7. The lowest BCUT2D eigenvalue weighted by atomic mass is 9.86. The van der Waals surface area contributed by atoms with E-state index >= 15 is 0 Å². The fraction of sp³-hybridized carbons (Fsp3) is 0.133. The molecule has 0 radical (unpaired) electrons. The van der Waals surface area contributed by atoms with E-state index in [2.05, 4.69) is 97.9 Å². The maximum absolute atomic E-state index is 13.1. The molecular formula is C60H50O7. The molecule has 1 atom stereocenters. The summed E-state index contributed by atoms with van der Waals surface area (Å²) in [7, 11) is 1.69. The zero-order valence-electron chi connectivity index (χ0n) is 38.2. The Morgan fingerprint density at radius 2 is 1.03 bits per heavy atom. The van der Waals surface area contributed by atoms with Crippen LogP contribution >= 0.6 is 0 Å². The van der Waals surface area contributed by atoms with Crippen molar-refractivity contribution in [1.29, 1.82) is 0 Å². The highest BCUT2D eigenvalue weighted by Crippen LogP contribution is 2.41. The van der Waals surface area contributed by atoms with Crippen molar-refractivity contribution in [2.45, 2.75) is 40.0 Å². The number of Topliss-reactive ketones (excluding diaryl/α,β-unsaturated/α-hetero) is 1. The highest BCUT2D eigenvalue weighted by atomic mass is 16.7. The first-order chi connectivity index (χ1) is 32.6. The van der Waals surface area contributed by atoms with Crippen molar-refractivity contribution in [3.63, 3.8) is 0 Å². The number of ketones is 1. The largest absolute Gasteiger partial charge is 0.497 e. The fourth-order valence-corrected chi connectivity index (χ4v) is 8.61. The zero-order valence-corrected chi connectivity index (χ0v) is 38.2. The van der Waals surface area contributed by atoms with Crippen molar-refractivity contribution >= 4 is 33.3 Å². The van der Waals surface area contributed by atoms with Crippen LogP contribution in [0.4, 0.5) is 0 Å². The number of esters is 1. The van der Waals surface area contributed by atoms with Gasteiger partial charge in [-0.3, -0.25) is 4.79 Å². The molecular weight excluding hydrogens is 833 g/mol. The number of aryl methyl sites for hydroxylation is 2. The number of benzene rings is 9. The summed E-state index contributed by atoms with van der Waals surface area (Å²) >= 11 is 0. The fourth-order valence-electron chi connectivity index (χ4n) is 8.61. The van der Waals surface area contributed by atoms with Crippen molar-refractivity contribution < 1.29 is 33.3 Å². The van der Waals surface area contributed by atoms with Crippen LogP contribution in [0, 0.1) is 13.8 Å². The van der Waals surface area contributed by atoms with Crippen molar-refractivity contribution in [2.24, 2.45) is 0 Å². The van der Waals surface area contributed by atoms with Crippen LogP contribution in [0.3, 0.4) is 0 Å². The van der Waals surface area contributed by atoms with Crippen molar-refractivity contribution in [3.8, 4) is 45.6 Å². The minimum absolute atomic E-state index is 0.00810. The van der Waals surface area contributed by atoms with Gasteiger partial charge in [0.1, 0.15) is 34.5 Å². The standard InChI is InChI=1S/C60H50O7/c1-38-34-46(40(3)47-23-33-58(39(2)35-47)67-60(62)45-20-30-51(31-21-45)66-50-28-16-43(17-29-50)41(4)61)22-32-57(38)65-37-64-49-26-18-44(19-27-49)59-54-12-8-6-10-52(54)56(53-11-7-9-13-55(53)59)36-42-14-24-48(63-5)25-15-42/h6-35,40H,36-37H2,1-5H3. The molecule has 0 saturated heterocycles. The molecule has 7 heteroatoms. The molecule has 0 aliphatic heterocycles. The molecule has 0 spiro atoms. The molecule has 0 aromatic heterocycles. The number of methoxy groups -OCH3 is 1. The lowest BCUT2D eigenvalue weighted by Gasteiger charge is -2.18. The minimum atomic E-state index is -0.459. The number of ether oxygens (including phenoxy) is 5. The molecule has 0 heterocycles. The summed E-state index contributed by atoms with van der Waals surface area (Å²) in [5.74, 6) is 3.60. The Balaban J connectivity index is 0.816. The lowest BCUT2D eigenvalue weighted by molar-refractivity contribution is 0.0733. The summed E-state index contributed by atoms with van der Waals surface area (Å²) in [5, 5.41) is 4.91. The number of fused-ring (bicyclic) bond motifs is 2. The predicted molar refractivity (Wildman–Crippen MR) is 267 cm³/mol. The molecule has 1 unspecified atom stereocenters. The second-order valence-electron chi connectivity index (χ2n) is 16.8. The third kappa shape index (κ3) is 9.77. The van der Waals surface area contributed by atoms with Gasteiger partial charge in [0, 0.05) is 11.5 Å². The molecule has 0 fully saturated rings. The van der Waals surface area contributed by atoms with E-state index in [1.807, 2.05) is 56.3 Å². The zero-order chi connectivity index (χ0) is 46.4. The molecule has 7 nitrogen and oxygen atoms in total. The van der Waals surface area contributed by atoms with Gasteiger partial charge in [-0.25, -0.2) is 4.79 Å². The van der Waals surface area contributed by atoms with E-state index in [4.69, 9.17) is 23.7 Å². The van der Waals surface area contributed by atoms with Crippen molar-refractivity contribution in [1.82, 2.24) is 0 Å². The molecule has 0 amide bonds. The summed E-state index contributed by atoms with van der Waals surface area (Å²) in [5.41, 5.74) is 9.97. The van der Waals surface area contributed by atoms with Crippen LogP contribution in [0.25, 0.3) is 32.7 Å². The second kappa shape index (κ2) is 19.5. The predicted octanol–water partition coefficient (Wildman–Crippen LogP) is 14.7. The summed E-state index contributed by atoms with van der Waals surface area (Å²) in [6, 6.07) is 59.8. The molecule has 9 aromatic rings. The molecule has 0 bridgehead atoms. The van der Waals surface area contributed by atoms with Gasteiger partial charge in [-0.2, -0.15) is 0 Å². The number of carbonyl (C=O) groups excluding carboxylic acids is 2. The Morgan fingerprint density at radius 1 is 0.522 bits per heavy atom. The third-order valence-electron chi connectivity index (χ3n) is 12.4. The van der Waals surface area contributed by atoms with Gasteiger partial charge in [-0.15, -0.1) is 0 Å². The summed E-state index contributed by atoms with van der Waals surface area (Å²) in [6.07, 6.45) is 0.812. The first kappa shape index (κ1) is 44.1. The van der Waals surface area contributed by atoms with Gasteiger partial charge in [-0.1, -0.05) is 104 Å².